The Morgan fingerprint density at radius 1 is 1.14 bits per heavy atom. The van der Waals surface area contributed by atoms with Gasteiger partial charge in [0.25, 0.3) is 0 Å². The summed E-state index contributed by atoms with van der Waals surface area (Å²) in [6.45, 7) is 0. The topological polar surface area (TPSA) is 42.1 Å². The number of rotatable bonds is 3. The molecule has 2 aromatic rings. The van der Waals surface area contributed by atoms with Gasteiger partial charge in [0.15, 0.2) is 0 Å². The van der Waals surface area contributed by atoms with Crippen LogP contribution in [0.1, 0.15) is 18.4 Å². The molecular formula is C15H12F3NO2. The Labute approximate surface area is 118 Å². The standard InChI is InChI=1S/C15H12F3NO2/c16-15(17,18)10-7-13(19-14(20)8-10)9-2-1-3-12(6-9)21-11-4-5-11/h1-3,6-8,11H,4-5H2,(H,19,20). The molecule has 0 atom stereocenters. The Morgan fingerprint density at radius 3 is 2.57 bits per heavy atom. The van der Waals surface area contributed by atoms with Crippen molar-refractivity contribution in [3.05, 3.63) is 52.3 Å². The summed E-state index contributed by atoms with van der Waals surface area (Å²) < 4.78 is 43.8. The third-order valence-corrected chi connectivity index (χ3v) is 3.14. The highest BCUT2D eigenvalue weighted by molar-refractivity contribution is 5.61. The zero-order valence-electron chi connectivity index (χ0n) is 10.9. The number of aromatic amines is 1. The van der Waals surface area contributed by atoms with Crippen LogP contribution < -0.4 is 10.3 Å². The highest BCUT2D eigenvalue weighted by atomic mass is 19.4. The minimum absolute atomic E-state index is 0.121. The average molecular weight is 295 g/mol. The smallest absolute Gasteiger partial charge is 0.416 e. The van der Waals surface area contributed by atoms with Crippen LogP contribution in [0.3, 0.4) is 0 Å². The lowest BCUT2D eigenvalue weighted by Gasteiger charge is -2.10. The molecule has 3 rings (SSSR count). The normalized spacial score (nSPS) is 15.0. The number of nitrogens with one attached hydrogen (secondary N) is 1. The molecule has 1 N–H and O–H groups in total. The fraction of sp³-hybridized carbons (Fsp3) is 0.267. The summed E-state index contributed by atoms with van der Waals surface area (Å²) in [6.07, 6.45) is -2.37. The Kier molecular flexibility index (Phi) is 3.23. The maximum absolute atomic E-state index is 12.7. The molecule has 1 aliphatic rings. The first kappa shape index (κ1) is 13.7. The fourth-order valence-corrected chi connectivity index (χ4v) is 1.98. The van der Waals surface area contributed by atoms with Gasteiger partial charge in [0.05, 0.1) is 11.7 Å². The molecule has 1 saturated carbocycles. The van der Waals surface area contributed by atoms with E-state index in [9.17, 15) is 18.0 Å². The van der Waals surface area contributed by atoms with Gasteiger partial charge in [-0.2, -0.15) is 13.2 Å². The van der Waals surface area contributed by atoms with Crippen LogP contribution in [0.15, 0.2) is 41.2 Å². The van der Waals surface area contributed by atoms with Crippen LogP contribution in [0.4, 0.5) is 13.2 Å². The number of halogens is 3. The molecule has 1 aliphatic carbocycles. The monoisotopic (exact) mass is 295 g/mol. The van der Waals surface area contributed by atoms with E-state index in [-0.39, 0.29) is 11.8 Å². The molecule has 0 bridgehead atoms. The largest absolute Gasteiger partial charge is 0.490 e. The third kappa shape index (κ3) is 3.26. The second kappa shape index (κ2) is 4.95. The van der Waals surface area contributed by atoms with Gasteiger partial charge in [-0.1, -0.05) is 12.1 Å². The van der Waals surface area contributed by atoms with Crippen molar-refractivity contribution in [1.82, 2.24) is 4.98 Å². The van der Waals surface area contributed by atoms with E-state index in [1.807, 2.05) is 0 Å². The summed E-state index contributed by atoms with van der Waals surface area (Å²) in [5.74, 6) is 0.591. The lowest BCUT2D eigenvalue weighted by atomic mass is 10.1. The fourth-order valence-electron chi connectivity index (χ4n) is 1.98. The Hall–Kier alpha value is -2.24. The molecule has 1 aromatic carbocycles. The minimum Gasteiger partial charge on any atom is -0.490 e. The maximum Gasteiger partial charge on any atom is 0.416 e. The van der Waals surface area contributed by atoms with E-state index < -0.39 is 17.3 Å². The highest BCUT2D eigenvalue weighted by Crippen LogP contribution is 2.32. The van der Waals surface area contributed by atoms with E-state index in [0.717, 1.165) is 18.9 Å². The van der Waals surface area contributed by atoms with Crippen molar-refractivity contribution in [2.75, 3.05) is 0 Å². The molecular weight excluding hydrogens is 283 g/mol. The third-order valence-electron chi connectivity index (χ3n) is 3.14. The molecule has 110 valence electrons. The van der Waals surface area contributed by atoms with Crippen molar-refractivity contribution < 1.29 is 17.9 Å². The summed E-state index contributed by atoms with van der Waals surface area (Å²) in [4.78, 5) is 13.8. The zero-order valence-corrected chi connectivity index (χ0v) is 10.9. The van der Waals surface area contributed by atoms with E-state index >= 15 is 0 Å². The number of pyridine rings is 1. The van der Waals surface area contributed by atoms with Crippen molar-refractivity contribution in [2.45, 2.75) is 25.1 Å². The predicted octanol–water partition coefficient (Wildman–Crippen LogP) is 3.60. The van der Waals surface area contributed by atoms with Crippen LogP contribution >= 0.6 is 0 Å². The molecule has 0 spiro atoms. The molecule has 1 heterocycles. The van der Waals surface area contributed by atoms with Crippen LogP contribution in [0, 0.1) is 0 Å². The Morgan fingerprint density at radius 2 is 1.90 bits per heavy atom. The molecule has 0 saturated heterocycles. The summed E-state index contributed by atoms with van der Waals surface area (Å²) in [6, 6.07) is 8.17. The van der Waals surface area contributed by atoms with Gasteiger partial charge in [-0.05, 0) is 31.0 Å². The first-order chi connectivity index (χ1) is 9.91. The molecule has 1 fully saturated rings. The Balaban J connectivity index is 1.99. The summed E-state index contributed by atoms with van der Waals surface area (Å²) in [5, 5.41) is 0. The number of alkyl halides is 3. The van der Waals surface area contributed by atoms with Crippen molar-refractivity contribution >= 4 is 0 Å². The molecule has 1 aromatic heterocycles. The second-order valence-corrected chi connectivity index (χ2v) is 4.99. The molecule has 0 aliphatic heterocycles. The van der Waals surface area contributed by atoms with Gasteiger partial charge in [-0.3, -0.25) is 4.79 Å². The SMILES string of the molecule is O=c1cc(C(F)(F)F)cc(-c2cccc(OC3CC3)c2)[nH]1. The number of aromatic nitrogens is 1. The van der Waals surface area contributed by atoms with E-state index in [0.29, 0.717) is 17.4 Å². The second-order valence-electron chi connectivity index (χ2n) is 4.99. The molecule has 6 heteroatoms. The van der Waals surface area contributed by atoms with Crippen LogP contribution in [0.2, 0.25) is 0 Å². The first-order valence-corrected chi connectivity index (χ1v) is 6.50. The molecule has 0 unspecified atom stereocenters. The average Bonchev–Trinajstić information content (AvgIpc) is 3.21. The Bertz CT molecular complexity index is 717. The molecule has 0 radical (unpaired) electrons. The van der Waals surface area contributed by atoms with E-state index in [1.54, 1.807) is 24.3 Å². The number of ether oxygens (including phenoxy) is 1. The van der Waals surface area contributed by atoms with Crippen LogP contribution in [-0.4, -0.2) is 11.1 Å². The van der Waals surface area contributed by atoms with Crippen molar-refractivity contribution in [2.24, 2.45) is 0 Å². The van der Waals surface area contributed by atoms with Gasteiger partial charge < -0.3 is 9.72 Å². The molecule has 0 amide bonds. The van der Waals surface area contributed by atoms with Gasteiger partial charge in [0.2, 0.25) is 5.56 Å². The van der Waals surface area contributed by atoms with Crippen molar-refractivity contribution in [3.8, 4) is 17.0 Å². The minimum atomic E-state index is -4.55. The number of hydrogen-bond acceptors (Lipinski definition) is 2. The lowest BCUT2D eigenvalue weighted by Crippen LogP contribution is -2.13. The summed E-state index contributed by atoms with van der Waals surface area (Å²) in [7, 11) is 0. The van der Waals surface area contributed by atoms with Crippen LogP contribution in [-0.2, 0) is 6.18 Å². The van der Waals surface area contributed by atoms with Gasteiger partial charge in [-0.25, -0.2) is 0 Å². The van der Waals surface area contributed by atoms with Crippen LogP contribution in [0.25, 0.3) is 11.3 Å². The lowest BCUT2D eigenvalue weighted by molar-refractivity contribution is -0.137. The zero-order chi connectivity index (χ0) is 15.0. The number of hydrogen-bond donors (Lipinski definition) is 1. The highest BCUT2D eigenvalue weighted by Gasteiger charge is 2.31. The molecule has 21 heavy (non-hydrogen) atoms. The van der Waals surface area contributed by atoms with Gasteiger partial charge in [0.1, 0.15) is 5.75 Å². The number of benzene rings is 1. The summed E-state index contributed by atoms with van der Waals surface area (Å²) >= 11 is 0. The van der Waals surface area contributed by atoms with Crippen molar-refractivity contribution in [1.29, 1.82) is 0 Å². The van der Waals surface area contributed by atoms with Gasteiger partial charge >= 0.3 is 6.18 Å². The maximum atomic E-state index is 12.7. The first-order valence-electron chi connectivity index (χ1n) is 6.50. The van der Waals surface area contributed by atoms with Crippen LogP contribution in [0.5, 0.6) is 5.75 Å². The van der Waals surface area contributed by atoms with Crippen molar-refractivity contribution in [3.63, 3.8) is 0 Å². The number of H-pyrrole nitrogens is 1. The van der Waals surface area contributed by atoms with Gasteiger partial charge in [-0.15, -0.1) is 0 Å². The van der Waals surface area contributed by atoms with E-state index in [1.165, 1.54) is 0 Å². The molecule has 3 nitrogen and oxygen atoms in total. The van der Waals surface area contributed by atoms with E-state index in [2.05, 4.69) is 4.98 Å². The van der Waals surface area contributed by atoms with Gasteiger partial charge in [0, 0.05) is 17.3 Å². The quantitative estimate of drug-likeness (QED) is 0.940. The summed E-state index contributed by atoms with van der Waals surface area (Å²) in [5.41, 5.74) is -1.14. The van der Waals surface area contributed by atoms with E-state index in [4.69, 9.17) is 4.74 Å². The predicted molar refractivity (Wildman–Crippen MR) is 71.2 cm³/mol.